The maximum Gasteiger partial charge on any atom is 0.263 e. The van der Waals surface area contributed by atoms with Crippen molar-refractivity contribution in [3.63, 3.8) is 0 Å². The highest BCUT2D eigenvalue weighted by molar-refractivity contribution is 5.94. The van der Waals surface area contributed by atoms with E-state index in [2.05, 4.69) is 20.2 Å². The number of oxazole rings is 1. The first-order chi connectivity index (χ1) is 15.9. The largest absolute Gasteiger partial charge is 0.493 e. The Labute approximate surface area is 191 Å². The van der Waals surface area contributed by atoms with Crippen molar-refractivity contribution in [2.75, 3.05) is 38.7 Å². The molecule has 4 rings (SSSR count). The lowest BCUT2D eigenvalue weighted by Crippen LogP contribution is -2.56. The van der Waals surface area contributed by atoms with E-state index in [1.165, 1.54) is 13.5 Å². The van der Waals surface area contributed by atoms with Crippen LogP contribution in [0.3, 0.4) is 0 Å². The maximum absolute atomic E-state index is 13.2. The quantitative estimate of drug-likeness (QED) is 0.604. The third-order valence-electron chi connectivity index (χ3n) is 5.74. The molecule has 0 saturated carbocycles. The fraction of sp³-hybridized carbons (Fsp3) is 0.391. The van der Waals surface area contributed by atoms with Crippen molar-refractivity contribution in [2.24, 2.45) is 0 Å². The molecule has 2 amide bonds. The normalized spacial score (nSPS) is 17.0. The standard InChI is InChI=1S/C23H27N5O5/c1-14-12-27(21-20-18(7-8-25-21)32-13-26-20)9-10-28(14)23(30)15(2)33-17-6-5-16(22(29)24-3)11-19(17)31-4/h5-8,11,13-15H,9-10,12H2,1-4H3,(H,24,29). The molecule has 0 bridgehead atoms. The van der Waals surface area contributed by atoms with Crippen LogP contribution in [-0.2, 0) is 4.79 Å². The predicted molar refractivity (Wildman–Crippen MR) is 122 cm³/mol. The van der Waals surface area contributed by atoms with E-state index >= 15 is 0 Å². The molecular weight excluding hydrogens is 426 g/mol. The average Bonchev–Trinajstić information content (AvgIpc) is 3.32. The minimum Gasteiger partial charge on any atom is -0.493 e. The number of anilines is 1. The van der Waals surface area contributed by atoms with Gasteiger partial charge in [-0.2, -0.15) is 0 Å². The van der Waals surface area contributed by atoms with Crippen LogP contribution in [0.5, 0.6) is 11.5 Å². The Morgan fingerprint density at radius 3 is 2.76 bits per heavy atom. The van der Waals surface area contributed by atoms with Gasteiger partial charge < -0.3 is 29.0 Å². The van der Waals surface area contributed by atoms with E-state index in [1.54, 1.807) is 44.4 Å². The molecule has 10 nitrogen and oxygen atoms in total. The van der Waals surface area contributed by atoms with E-state index in [4.69, 9.17) is 13.9 Å². The highest BCUT2D eigenvalue weighted by atomic mass is 16.5. The Balaban J connectivity index is 1.43. The summed E-state index contributed by atoms with van der Waals surface area (Å²) in [6.45, 7) is 5.47. The highest BCUT2D eigenvalue weighted by Crippen LogP contribution is 2.30. The number of carbonyl (C=O) groups is 2. The Kier molecular flexibility index (Phi) is 6.34. The molecule has 1 saturated heterocycles. The van der Waals surface area contributed by atoms with E-state index in [0.717, 1.165) is 5.82 Å². The van der Waals surface area contributed by atoms with Crippen LogP contribution in [0, 0.1) is 0 Å². The molecule has 1 aliphatic rings. The number of amides is 2. The highest BCUT2D eigenvalue weighted by Gasteiger charge is 2.32. The molecule has 1 N–H and O–H groups in total. The van der Waals surface area contributed by atoms with Gasteiger partial charge in [-0.3, -0.25) is 9.59 Å². The van der Waals surface area contributed by atoms with Crippen molar-refractivity contribution in [3.8, 4) is 11.5 Å². The molecule has 0 aliphatic carbocycles. The summed E-state index contributed by atoms with van der Waals surface area (Å²) in [4.78, 5) is 37.7. The molecule has 2 atom stereocenters. The van der Waals surface area contributed by atoms with E-state index < -0.39 is 6.10 Å². The van der Waals surface area contributed by atoms with Gasteiger partial charge in [-0.1, -0.05) is 0 Å². The molecular formula is C23H27N5O5. The average molecular weight is 453 g/mol. The van der Waals surface area contributed by atoms with E-state index in [0.29, 0.717) is 47.8 Å². The lowest BCUT2D eigenvalue weighted by Gasteiger charge is -2.41. The third-order valence-corrected chi connectivity index (χ3v) is 5.74. The van der Waals surface area contributed by atoms with Crippen molar-refractivity contribution in [3.05, 3.63) is 42.4 Å². The summed E-state index contributed by atoms with van der Waals surface area (Å²) in [7, 11) is 3.05. The van der Waals surface area contributed by atoms with Gasteiger partial charge >= 0.3 is 0 Å². The van der Waals surface area contributed by atoms with Crippen molar-refractivity contribution in [2.45, 2.75) is 26.0 Å². The molecule has 10 heteroatoms. The molecule has 3 aromatic rings. The second-order valence-electron chi connectivity index (χ2n) is 7.87. The number of aromatic nitrogens is 2. The molecule has 2 aromatic heterocycles. The maximum atomic E-state index is 13.2. The Bertz CT molecular complexity index is 1160. The van der Waals surface area contributed by atoms with Gasteiger partial charge in [0.05, 0.1) is 7.11 Å². The lowest BCUT2D eigenvalue weighted by molar-refractivity contribution is -0.140. The number of rotatable bonds is 6. The zero-order valence-electron chi connectivity index (χ0n) is 19.1. The van der Waals surface area contributed by atoms with Crippen LogP contribution in [0.1, 0.15) is 24.2 Å². The SMILES string of the molecule is CNC(=O)c1ccc(OC(C)C(=O)N2CCN(c3nccc4ocnc34)CC2C)c(OC)c1. The minimum atomic E-state index is -0.726. The summed E-state index contributed by atoms with van der Waals surface area (Å²) in [5.41, 5.74) is 1.85. The van der Waals surface area contributed by atoms with Crippen LogP contribution in [0.4, 0.5) is 5.82 Å². The monoisotopic (exact) mass is 453 g/mol. The number of nitrogens with zero attached hydrogens (tertiary/aromatic N) is 4. The smallest absolute Gasteiger partial charge is 0.263 e. The summed E-state index contributed by atoms with van der Waals surface area (Å²) in [6.07, 6.45) is 2.38. The lowest BCUT2D eigenvalue weighted by atomic mass is 10.1. The molecule has 1 aliphatic heterocycles. The van der Waals surface area contributed by atoms with Crippen LogP contribution in [0.25, 0.3) is 11.1 Å². The van der Waals surface area contributed by atoms with E-state index in [1.807, 2.05) is 11.8 Å². The van der Waals surface area contributed by atoms with E-state index in [9.17, 15) is 9.59 Å². The first-order valence-corrected chi connectivity index (χ1v) is 10.7. The van der Waals surface area contributed by atoms with Crippen LogP contribution < -0.4 is 19.7 Å². The number of carbonyl (C=O) groups excluding carboxylic acids is 2. The molecule has 0 radical (unpaired) electrons. The fourth-order valence-corrected chi connectivity index (χ4v) is 4.01. The second-order valence-corrected chi connectivity index (χ2v) is 7.87. The van der Waals surface area contributed by atoms with Crippen molar-refractivity contribution < 1.29 is 23.5 Å². The fourth-order valence-electron chi connectivity index (χ4n) is 4.01. The van der Waals surface area contributed by atoms with Gasteiger partial charge in [0.2, 0.25) is 0 Å². The Morgan fingerprint density at radius 2 is 2.03 bits per heavy atom. The number of pyridine rings is 1. The van der Waals surface area contributed by atoms with Gasteiger partial charge in [-0.15, -0.1) is 0 Å². The predicted octanol–water partition coefficient (Wildman–Crippen LogP) is 2.10. The number of hydrogen-bond donors (Lipinski definition) is 1. The molecule has 0 spiro atoms. The van der Waals surface area contributed by atoms with Gasteiger partial charge in [0.15, 0.2) is 40.9 Å². The summed E-state index contributed by atoms with van der Waals surface area (Å²) in [5.74, 6) is 1.20. The van der Waals surface area contributed by atoms with Gasteiger partial charge in [-0.25, -0.2) is 9.97 Å². The molecule has 3 heterocycles. The zero-order chi connectivity index (χ0) is 23.5. The second kappa shape index (κ2) is 9.35. The Morgan fingerprint density at radius 1 is 1.21 bits per heavy atom. The molecule has 1 aromatic carbocycles. The van der Waals surface area contributed by atoms with Gasteiger partial charge in [0.25, 0.3) is 11.8 Å². The number of piperazine rings is 1. The number of hydrogen-bond acceptors (Lipinski definition) is 8. The number of methoxy groups -OCH3 is 1. The number of benzene rings is 1. The van der Waals surface area contributed by atoms with Crippen LogP contribution in [0.2, 0.25) is 0 Å². The van der Waals surface area contributed by atoms with Crippen LogP contribution >= 0.6 is 0 Å². The first-order valence-electron chi connectivity index (χ1n) is 10.7. The Hall–Kier alpha value is -3.82. The topological polar surface area (TPSA) is 110 Å². The van der Waals surface area contributed by atoms with Gasteiger partial charge in [-0.05, 0) is 32.0 Å². The number of nitrogens with one attached hydrogen (secondary N) is 1. The molecule has 1 fully saturated rings. The summed E-state index contributed by atoms with van der Waals surface area (Å²) < 4.78 is 16.7. The molecule has 33 heavy (non-hydrogen) atoms. The minimum absolute atomic E-state index is 0.0567. The first kappa shape index (κ1) is 22.4. The van der Waals surface area contributed by atoms with Crippen LogP contribution in [-0.4, -0.2) is 72.6 Å². The zero-order valence-corrected chi connectivity index (χ0v) is 19.1. The number of ether oxygens (including phenoxy) is 2. The molecule has 174 valence electrons. The number of fused-ring (bicyclic) bond motifs is 1. The third kappa shape index (κ3) is 4.41. The summed E-state index contributed by atoms with van der Waals surface area (Å²) in [5, 5.41) is 2.57. The molecule has 2 unspecified atom stereocenters. The van der Waals surface area contributed by atoms with Crippen molar-refractivity contribution in [1.82, 2.24) is 20.2 Å². The van der Waals surface area contributed by atoms with Crippen molar-refractivity contribution >= 4 is 28.7 Å². The summed E-state index contributed by atoms with van der Waals surface area (Å²) >= 11 is 0. The van der Waals surface area contributed by atoms with Crippen LogP contribution in [0.15, 0.2) is 41.3 Å². The van der Waals surface area contributed by atoms with Crippen molar-refractivity contribution in [1.29, 1.82) is 0 Å². The van der Waals surface area contributed by atoms with Gasteiger partial charge in [0.1, 0.15) is 0 Å². The van der Waals surface area contributed by atoms with Gasteiger partial charge in [0, 0.05) is 50.6 Å². The van der Waals surface area contributed by atoms with E-state index in [-0.39, 0.29) is 17.9 Å². The summed E-state index contributed by atoms with van der Waals surface area (Å²) in [6, 6.07) is 6.58.